The number of carbonyl (C=O) groups excluding carboxylic acids is 1. The zero-order valence-corrected chi connectivity index (χ0v) is 16.2. The largest absolute Gasteiger partial charge is 0.469 e. The number of hydrogen-bond acceptors (Lipinski definition) is 3. The maximum Gasteiger partial charge on any atom is 0.308 e. The molecule has 0 aliphatic carbocycles. The molecule has 0 atom stereocenters. The summed E-state index contributed by atoms with van der Waals surface area (Å²) in [4.78, 5) is 18.7. The predicted octanol–water partition coefficient (Wildman–Crippen LogP) is 2.95. The molecule has 0 unspecified atom stereocenters. The van der Waals surface area contributed by atoms with Gasteiger partial charge in [-0.25, -0.2) is 4.39 Å². The first kappa shape index (κ1) is 20.2. The molecule has 0 aromatic heterocycles. The molecule has 1 aromatic rings. The number of nitrogens with one attached hydrogen (secondary N) is 1. The van der Waals surface area contributed by atoms with Crippen molar-refractivity contribution in [1.82, 2.24) is 10.2 Å². The Bertz CT molecular complexity index is 620. The normalized spacial score (nSPS) is 16.5. The Labute approximate surface area is 155 Å². The molecule has 1 saturated heterocycles. The Balaban J connectivity index is 2.04. The lowest BCUT2D eigenvalue weighted by molar-refractivity contribution is -0.146. The number of esters is 1. The minimum atomic E-state index is -0.227. The number of nitrogens with zero attached hydrogens (tertiary/aromatic N) is 2. The fourth-order valence-corrected chi connectivity index (χ4v) is 3.18. The Morgan fingerprint density at radius 3 is 2.46 bits per heavy atom. The van der Waals surface area contributed by atoms with E-state index in [1.807, 2.05) is 19.1 Å². The predicted molar refractivity (Wildman–Crippen MR) is 102 cm³/mol. The summed E-state index contributed by atoms with van der Waals surface area (Å²) >= 11 is 0. The van der Waals surface area contributed by atoms with Crippen molar-refractivity contribution in [2.24, 2.45) is 10.9 Å². The van der Waals surface area contributed by atoms with Crippen molar-refractivity contribution in [3.63, 3.8) is 0 Å². The van der Waals surface area contributed by atoms with E-state index < -0.39 is 0 Å². The summed E-state index contributed by atoms with van der Waals surface area (Å²) in [5.74, 6) is 0.500. The third kappa shape index (κ3) is 5.19. The molecule has 0 saturated carbocycles. The van der Waals surface area contributed by atoms with Gasteiger partial charge in [-0.05, 0) is 37.5 Å². The average Bonchev–Trinajstić information content (AvgIpc) is 2.65. The molecule has 5 nitrogen and oxygen atoms in total. The minimum absolute atomic E-state index is 0.0187. The molecule has 0 radical (unpaired) electrons. The number of benzene rings is 1. The summed E-state index contributed by atoms with van der Waals surface area (Å²) in [6, 6.07) is 6.62. The highest BCUT2D eigenvalue weighted by molar-refractivity contribution is 5.80. The van der Waals surface area contributed by atoms with Crippen molar-refractivity contribution in [2.75, 3.05) is 33.3 Å². The van der Waals surface area contributed by atoms with Gasteiger partial charge in [-0.15, -0.1) is 0 Å². The summed E-state index contributed by atoms with van der Waals surface area (Å²) in [7, 11) is 1.44. The van der Waals surface area contributed by atoms with Crippen molar-refractivity contribution in [3.8, 4) is 0 Å². The fourth-order valence-electron chi connectivity index (χ4n) is 3.18. The minimum Gasteiger partial charge on any atom is -0.469 e. The highest BCUT2D eigenvalue weighted by Gasteiger charge is 2.27. The third-order valence-electron chi connectivity index (χ3n) is 4.91. The van der Waals surface area contributed by atoms with Gasteiger partial charge in [-0.3, -0.25) is 9.79 Å². The van der Waals surface area contributed by atoms with Crippen LogP contribution in [-0.2, 0) is 14.9 Å². The lowest BCUT2D eigenvalue weighted by Gasteiger charge is -2.34. The van der Waals surface area contributed by atoms with Crippen LogP contribution in [0.1, 0.15) is 39.2 Å². The van der Waals surface area contributed by atoms with E-state index in [9.17, 15) is 9.18 Å². The van der Waals surface area contributed by atoms with Crippen LogP contribution in [0.25, 0.3) is 0 Å². The summed E-state index contributed by atoms with van der Waals surface area (Å²) < 4.78 is 18.0. The van der Waals surface area contributed by atoms with Gasteiger partial charge >= 0.3 is 5.97 Å². The highest BCUT2D eigenvalue weighted by Crippen LogP contribution is 2.24. The van der Waals surface area contributed by atoms with E-state index in [0.717, 1.165) is 44.0 Å². The van der Waals surface area contributed by atoms with Crippen molar-refractivity contribution in [2.45, 2.75) is 39.0 Å². The zero-order valence-electron chi connectivity index (χ0n) is 16.2. The number of guanidine groups is 1. The lowest BCUT2D eigenvalue weighted by Crippen LogP contribution is -2.47. The Kier molecular flexibility index (Phi) is 7.00. The first-order valence-corrected chi connectivity index (χ1v) is 9.24. The number of methoxy groups -OCH3 is 1. The van der Waals surface area contributed by atoms with E-state index in [1.165, 1.54) is 19.2 Å². The topological polar surface area (TPSA) is 53.9 Å². The number of aliphatic imine (C=N–C) groups is 1. The monoisotopic (exact) mass is 363 g/mol. The van der Waals surface area contributed by atoms with Crippen molar-refractivity contribution >= 4 is 11.9 Å². The van der Waals surface area contributed by atoms with E-state index in [4.69, 9.17) is 9.73 Å². The van der Waals surface area contributed by atoms with Gasteiger partial charge in [-0.1, -0.05) is 26.0 Å². The van der Waals surface area contributed by atoms with Gasteiger partial charge in [0.15, 0.2) is 5.96 Å². The molecule has 0 bridgehead atoms. The first-order chi connectivity index (χ1) is 12.4. The van der Waals surface area contributed by atoms with Crippen molar-refractivity contribution in [3.05, 3.63) is 35.6 Å². The summed E-state index contributed by atoms with van der Waals surface area (Å²) in [6.45, 7) is 9.20. The molecular weight excluding hydrogens is 333 g/mol. The van der Waals surface area contributed by atoms with Crippen LogP contribution in [0, 0.1) is 11.7 Å². The average molecular weight is 363 g/mol. The second-order valence-corrected chi connectivity index (χ2v) is 7.35. The molecule has 2 rings (SSSR count). The number of rotatable bonds is 5. The smallest absolute Gasteiger partial charge is 0.308 e. The maximum absolute atomic E-state index is 13.2. The number of hydrogen-bond donors (Lipinski definition) is 1. The molecule has 1 aliphatic rings. The number of halogens is 1. The van der Waals surface area contributed by atoms with E-state index >= 15 is 0 Å². The molecule has 1 aromatic carbocycles. The van der Waals surface area contributed by atoms with Crippen LogP contribution in [-0.4, -0.2) is 50.1 Å². The number of piperidine rings is 1. The van der Waals surface area contributed by atoms with Crippen molar-refractivity contribution < 1.29 is 13.9 Å². The second kappa shape index (κ2) is 9.01. The van der Waals surface area contributed by atoms with Gasteiger partial charge < -0.3 is 15.0 Å². The molecular formula is C20H30FN3O2. The Morgan fingerprint density at radius 2 is 1.92 bits per heavy atom. The second-order valence-electron chi connectivity index (χ2n) is 7.35. The van der Waals surface area contributed by atoms with Gasteiger partial charge in [0, 0.05) is 25.0 Å². The standard InChI is InChI=1S/C20H30FN3O2/c1-5-22-19(24-12-10-15(11-13-24)18(25)26-4)23-14-20(2,3)16-6-8-17(21)9-7-16/h6-9,15H,5,10-14H2,1-4H3,(H,22,23). The van der Waals surface area contributed by atoms with E-state index in [1.54, 1.807) is 0 Å². The zero-order chi connectivity index (χ0) is 19.2. The fraction of sp³-hybridized carbons (Fsp3) is 0.600. The van der Waals surface area contributed by atoms with Gasteiger partial charge in [0.1, 0.15) is 5.82 Å². The van der Waals surface area contributed by atoms with Crippen LogP contribution in [0.5, 0.6) is 0 Å². The van der Waals surface area contributed by atoms with Crippen LogP contribution in [0.15, 0.2) is 29.3 Å². The SMILES string of the molecule is CCNC(=NCC(C)(C)c1ccc(F)cc1)N1CCC(C(=O)OC)CC1. The maximum atomic E-state index is 13.2. The van der Waals surface area contributed by atoms with Crippen molar-refractivity contribution in [1.29, 1.82) is 0 Å². The molecule has 26 heavy (non-hydrogen) atoms. The molecule has 1 aliphatic heterocycles. The molecule has 1 heterocycles. The number of carbonyl (C=O) groups is 1. The van der Waals surface area contributed by atoms with Gasteiger partial charge in [0.2, 0.25) is 0 Å². The number of likely N-dealkylation sites (tertiary alicyclic amines) is 1. The molecule has 1 N–H and O–H groups in total. The van der Waals surface area contributed by atoms with Crippen LogP contribution in [0.4, 0.5) is 4.39 Å². The van der Waals surface area contributed by atoms with E-state index in [2.05, 4.69) is 24.1 Å². The van der Waals surface area contributed by atoms with Gasteiger partial charge in [-0.2, -0.15) is 0 Å². The number of ether oxygens (including phenoxy) is 1. The van der Waals surface area contributed by atoms with Crippen LogP contribution < -0.4 is 5.32 Å². The van der Waals surface area contributed by atoms with Crippen LogP contribution in [0.2, 0.25) is 0 Å². The highest BCUT2D eigenvalue weighted by atomic mass is 19.1. The van der Waals surface area contributed by atoms with Gasteiger partial charge in [0.25, 0.3) is 0 Å². The Morgan fingerprint density at radius 1 is 1.31 bits per heavy atom. The third-order valence-corrected chi connectivity index (χ3v) is 4.91. The van der Waals surface area contributed by atoms with Crippen LogP contribution >= 0.6 is 0 Å². The quantitative estimate of drug-likeness (QED) is 0.496. The molecule has 144 valence electrons. The van der Waals surface area contributed by atoms with Crippen LogP contribution in [0.3, 0.4) is 0 Å². The Hall–Kier alpha value is -2.11. The molecule has 0 amide bonds. The van der Waals surface area contributed by atoms with Gasteiger partial charge in [0.05, 0.1) is 19.6 Å². The lowest BCUT2D eigenvalue weighted by atomic mass is 9.85. The molecule has 6 heteroatoms. The summed E-state index contributed by atoms with van der Waals surface area (Å²) in [5, 5.41) is 3.34. The summed E-state index contributed by atoms with van der Waals surface area (Å²) in [5.41, 5.74) is 0.863. The summed E-state index contributed by atoms with van der Waals surface area (Å²) in [6.07, 6.45) is 1.55. The van der Waals surface area contributed by atoms with E-state index in [0.29, 0.717) is 6.54 Å². The first-order valence-electron chi connectivity index (χ1n) is 9.24. The molecule has 0 spiro atoms. The molecule has 1 fully saturated rings. The van der Waals surface area contributed by atoms with E-state index in [-0.39, 0.29) is 23.1 Å².